The summed E-state index contributed by atoms with van der Waals surface area (Å²) < 4.78 is 5.11. The largest absolute Gasteiger partial charge is 0.385 e. The molecule has 13 heavy (non-hydrogen) atoms. The van der Waals surface area contributed by atoms with Gasteiger partial charge in [-0.3, -0.25) is 0 Å². The average molecular weight is 185 g/mol. The predicted molar refractivity (Wildman–Crippen MR) is 55.6 cm³/mol. The highest BCUT2D eigenvalue weighted by molar-refractivity contribution is 4.81. The number of hydrogen-bond donors (Lipinski definition) is 1. The van der Waals surface area contributed by atoms with Gasteiger partial charge in [0.2, 0.25) is 0 Å². The first-order valence-corrected chi connectivity index (χ1v) is 5.52. The first-order chi connectivity index (χ1) is 6.27. The molecule has 78 valence electrons. The van der Waals surface area contributed by atoms with E-state index in [4.69, 9.17) is 10.5 Å². The molecule has 0 saturated heterocycles. The van der Waals surface area contributed by atoms with E-state index in [1.54, 1.807) is 7.11 Å². The van der Waals surface area contributed by atoms with Crippen molar-refractivity contribution in [3.8, 4) is 0 Å². The molecule has 1 rings (SSSR count). The van der Waals surface area contributed by atoms with Crippen molar-refractivity contribution >= 4 is 0 Å². The second kappa shape index (κ2) is 5.61. The molecule has 1 aliphatic carbocycles. The molecule has 3 atom stereocenters. The number of rotatable bonds is 4. The zero-order valence-electron chi connectivity index (χ0n) is 8.96. The molecule has 0 heterocycles. The monoisotopic (exact) mass is 185 g/mol. The minimum Gasteiger partial charge on any atom is -0.385 e. The summed E-state index contributed by atoms with van der Waals surface area (Å²) in [6.45, 7) is 3.16. The maximum Gasteiger partial charge on any atom is 0.0465 e. The fourth-order valence-electron chi connectivity index (χ4n) is 2.36. The van der Waals surface area contributed by atoms with Crippen molar-refractivity contribution < 1.29 is 4.74 Å². The van der Waals surface area contributed by atoms with Gasteiger partial charge < -0.3 is 10.5 Å². The van der Waals surface area contributed by atoms with Crippen LogP contribution in [-0.2, 0) is 4.74 Å². The van der Waals surface area contributed by atoms with Crippen molar-refractivity contribution in [2.24, 2.45) is 17.6 Å². The lowest BCUT2D eigenvalue weighted by Gasteiger charge is -2.33. The first-order valence-electron chi connectivity index (χ1n) is 5.52. The number of ether oxygens (including phenoxy) is 1. The van der Waals surface area contributed by atoms with Crippen molar-refractivity contribution in [2.75, 3.05) is 13.7 Å². The van der Waals surface area contributed by atoms with Gasteiger partial charge in [-0.1, -0.05) is 13.3 Å². The van der Waals surface area contributed by atoms with Crippen LogP contribution in [0.3, 0.4) is 0 Å². The molecular weight excluding hydrogens is 162 g/mol. The molecule has 1 fully saturated rings. The number of hydrogen-bond acceptors (Lipinski definition) is 2. The van der Waals surface area contributed by atoms with Gasteiger partial charge >= 0.3 is 0 Å². The van der Waals surface area contributed by atoms with Gasteiger partial charge in [-0.25, -0.2) is 0 Å². The van der Waals surface area contributed by atoms with Crippen molar-refractivity contribution in [1.82, 2.24) is 0 Å². The lowest BCUT2D eigenvalue weighted by atomic mass is 9.76. The lowest BCUT2D eigenvalue weighted by molar-refractivity contribution is 0.141. The molecule has 3 unspecified atom stereocenters. The molecule has 0 bridgehead atoms. The van der Waals surface area contributed by atoms with Crippen molar-refractivity contribution in [3.05, 3.63) is 0 Å². The van der Waals surface area contributed by atoms with Crippen molar-refractivity contribution in [3.63, 3.8) is 0 Å². The molecule has 1 aliphatic rings. The zero-order chi connectivity index (χ0) is 9.68. The molecule has 0 aromatic heterocycles. The SMILES string of the molecule is CCC1CCC(N)C(CCOC)C1. The minimum absolute atomic E-state index is 0.429. The minimum atomic E-state index is 0.429. The summed E-state index contributed by atoms with van der Waals surface area (Å²) in [5, 5.41) is 0. The van der Waals surface area contributed by atoms with Gasteiger partial charge in [0.05, 0.1) is 0 Å². The predicted octanol–water partition coefficient (Wildman–Crippen LogP) is 2.18. The third-order valence-corrected chi connectivity index (χ3v) is 3.42. The van der Waals surface area contributed by atoms with Gasteiger partial charge in [-0.15, -0.1) is 0 Å². The number of methoxy groups -OCH3 is 1. The Morgan fingerprint density at radius 3 is 2.77 bits per heavy atom. The van der Waals surface area contributed by atoms with E-state index in [0.717, 1.165) is 18.9 Å². The molecule has 0 aromatic carbocycles. The van der Waals surface area contributed by atoms with Gasteiger partial charge in [0.15, 0.2) is 0 Å². The fourth-order valence-corrected chi connectivity index (χ4v) is 2.36. The molecule has 1 saturated carbocycles. The van der Waals surface area contributed by atoms with Gasteiger partial charge in [-0.05, 0) is 37.5 Å². The Hall–Kier alpha value is -0.0800. The summed E-state index contributed by atoms with van der Waals surface area (Å²) in [5.74, 6) is 1.63. The van der Waals surface area contributed by atoms with Crippen LogP contribution in [0.4, 0.5) is 0 Å². The van der Waals surface area contributed by atoms with Crippen LogP contribution in [0.2, 0.25) is 0 Å². The molecule has 0 aromatic rings. The molecule has 0 amide bonds. The van der Waals surface area contributed by atoms with Crippen molar-refractivity contribution in [2.45, 2.75) is 45.1 Å². The maximum atomic E-state index is 6.08. The normalized spacial score (nSPS) is 34.8. The van der Waals surface area contributed by atoms with E-state index in [9.17, 15) is 0 Å². The van der Waals surface area contributed by atoms with E-state index in [1.165, 1.54) is 25.7 Å². The second-order valence-electron chi connectivity index (χ2n) is 4.29. The first kappa shape index (κ1) is 11.0. The molecular formula is C11H23NO. The van der Waals surface area contributed by atoms with E-state index >= 15 is 0 Å². The van der Waals surface area contributed by atoms with Gasteiger partial charge in [-0.2, -0.15) is 0 Å². The lowest BCUT2D eigenvalue weighted by Crippen LogP contribution is -2.36. The highest BCUT2D eigenvalue weighted by atomic mass is 16.5. The Kier molecular flexibility index (Phi) is 4.74. The van der Waals surface area contributed by atoms with E-state index < -0.39 is 0 Å². The summed E-state index contributed by atoms with van der Waals surface area (Å²) in [6, 6.07) is 0.429. The number of nitrogens with two attached hydrogens (primary N) is 1. The van der Waals surface area contributed by atoms with Crippen LogP contribution in [0.1, 0.15) is 39.0 Å². The van der Waals surface area contributed by atoms with E-state index in [1.807, 2.05) is 0 Å². The summed E-state index contributed by atoms with van der Waals surface area (Å²) in [4.78, 5) is 0. The smallest absolute Gasteiger partial charge is 0.0465 e. The molecule has 0 aliphatic heterocycles. The van der Waals surface area contributed by atoms with E-state index in [-0.39, 0.29) is 0 Å². The van der Waals surface area contributed by atoms with E-state index in [0.29, 0.717) is 12.0 Å². The highest BCUT2D eigenvalue weighted by Crippen LogP contribution is 2.32. The van der Waals surface area contributed by atoms with Crippen LogP contribution < -0.4 is 5.73 Å². The summed E-state index contributed by atoms with van der Waals surface area (Å²) >= 11 is 0. The van der Waals surface area contributed by atoms with Crippen LogP contribution in [0.25, 0.3) is 0 Å². The average Bonchev–Trinajstić information content (AvgIpc) is 2.17. The Bertz CT molecular complexity index is 138. The van der Waals surface area contributed by atoms with Crippen molar-refractivity contribution in [1.29, 1.82) is 0 Å². The molecule has 2 heteroatoms. The highest BCUT2D eigenvalue weighted by Gasteiger charge is 2.26. The Labute approximate surface area is 81.8 Å². The van der Waals surface area contributed by atoms with Crippen LogP contribution in [0.15, 0.2) is 0 Å². The standard InChI is InChI=1S/C11H23NO/c1-3-9-4-5-11(12)10(8-9)6-7-13-2/h9-11H,3-8,12H2,1-2H3. The summed E-state index contributed by atoms with van der Waals surface area (Å²) in [6.07, 6.45) is 6.33. The van der Waals surface area contributed by atoms with E-state index in [2.05, 4.69) is 6.92 Å². The van der Waals surface area contributed by atoms with Crippen LogP contribution in [0, 0.1) is 11.8 Å². The topological polar surface area (TPSA) is 35.2 Å². The quantitative estimate of drug-likeness (QED) is 0.728. The Morgan fingerprint density at radius 1 is 1.38 bits per heavy atom. The summed E-state index contributed by atoms with van der Waals surface area (Å²) in [5.41, 5.74) is 6.08. The summed E-state index contributed by atoms with van der Waals surface area (Å²) in [7, 11) is 1.77. The maximum absolute atomic E-state index is 6.08. The molecule has 2 N–H and O–H groups in total. The second-order valence-corrected chi connectivity index (χ2v) is 4.29. The molecule has 2 nitrogen and oxygen atoms in total. The van der Waals surface area contributed by atoms with Crippen LogP contribution in [-0.4, -0.2) is 19.8 Å². The van der Waals surface area contributed by atoms with Crippen LogP contribution in [0.5, 0.6) is 0 Å². The van der Waals surface area contributed by atoms with Gasteiger partial charge in [0.25, 0.3) is 0 Å². The zero-order valence-corrected chi connectivity index (χ0v) is 8.96. The fraction of sp³-hybridized carbons (Fsp3) is 1.00. The van der Waals surface area contributed by atoms with Gasteiger partial charge in [0.1, 0.15) is 0 Å². The third-order valence-electron chi connectivity index (χ3n) is 3.42. The van der Waals surface area contributed by atoms with Gasteiger partial charge in [0, 0.05) is 19.8 Å². The molecule has 0 spiro atoms. The van der Waals surface area contributed by atoms with Crippen LogP contribution >= 0.6 is 0 Å². The Morgan fingerprint density at radius 2 is 2.15 bits per heavy atom. The molecule has 0 radical (unpaired) electrons. The Balaban J connectivity index is 2.31. The third kappa shape index (κ3) is 3.28.